The highest BCUT2D eigenvalue weighted by Gasteiger charge is 2.21. The van der Waals surface area contributed by atoms with Crippen LogP contribution in [0, 0.1) is 0 Å². The average Bonchev–Trinajstić information content (AvgIpc) is 2.77. The standard InChI is InChI=1S/C16H25N3/c1-18(2)16(19(3)4)17-12-11-14-10-9-13-7-5-6-8-15(13)14/h5-8,14H,9-12H2,1-4H3. The van der Waals surface area contributed by atoms with Crippen LogP contribution in [0.2, 0.25) is 0 Å². The first kappa shape index (κ1) is 13.9. The second-order valence-electron chi connectivity index (χ2n) is 5.69. The van der Waals surface area contributed by atoms with Gasteiger partial charge in [-0.15, -0.1) is 0 Å². The first-order valence-corrected chi connectivity index (χ1v) is 7.06. The summed E-state index contributed by atoms with van der Waals surface area (Å²) in [6.07, 6.45) is 3.68. The van der Waals surface area contributed by atoms with Gasteiger partial charge >= 0.3 is 0 Å². The zero-order valence-electron chi connectivity index (χ0n) is 12.6. The lowest BCUT2D eigenvalue weighted by molar-refractivity contribution is 0.477. The molecule has 19 heavy (non-hydrogen) atoms. The van der Waals surface area contributed by atoms with Crippen LogP contribution in [0.25, 0.3) is 0 Å². The molecule has 0 heterocycles. The summed E-state index contributed by atoms with van der Waals surface area (Å²) >= 11 is 0. The van der Waals surface area contributed by atoms with Gasteiger partial charge in [0.25, 0.3) is 0 Å². The predicted octanol–water partition coefficient (Wildman–Crippen LogP) is 2.59. The molecule has 1 atom stereocenters. The molecule has 0 fully saturated rings. The van der Waals surface area contributed by atoms with E-state index in [4.69, 9.17) is 4.99 Å². The molecule has 1 aliphatic carbocycles. The summed E-state index contributed by atoms with van der Waals surface area (Å²) in [4.78, 5) is 8.87. The lowest BCUT2D eigenvalue weighted by atomic mass is 9.98. The topological polar surface area (TPSA) is 18.8 Å². The summed E-state index contributed by atoms with van der Waals surface area (Å²) in [5.41, 5.74) is 3.09. The molecule has 3 heteroatoms. The highest BCUT2D eigenvalue weighted by atomic mass is 15.3. The van der Waals surface area contributed by atoms with E-state index in [1.165, 1.54) is 18.4 Å². The number of aliphatic imine (C=N–C) groups is 1. The number of fused-ring (bicyclic) bond motifs is 1. The van der Waals surface area contributed by atoms with Gasteiger partial charge in [-0.2, -0.15) is 0 Å². The molecule has 1 unspecified atom stereocenters. The Morgan fingerprint density at radius 2 is 1.84 bits per heavy atom. The lowest BCUT2D eigenvalue weighted by Crippen LogP contribution is -2.35. The summed E-state index contributed by atoms with van der Waals surface area (Å²) in [5, 5.41) is 0. The van der Waals surface area contributed by atoms with E-state index in [0.29, 0.717) is 5.92 Å². The maximum Gasteiger partial charge on any atom is 0.195 e. The summed E-state index contributed by atoms with van der Waals surface area (Å²) in [5.74, 6) is 1.75. The van der Waals surface area contributed by atoms with Crippen LogP contribution in [0.3, 0.4) is 0 Å². The molecule has 104 valence electrons. The van der Waals surface area contributed by atoms with Crippen LogP contribution in [-0.2, 0) is 6.42 Å². The maximum absolute atomic E-state index is 4.73. The van der Waals surface area contributed by atoms with E-state index >= 15 is 0 Å². The zero-order chi connectivity index (χ0) is 13.8. The Hall–Kier alpha value is -1.51. The SMILES string of the molecule is CN(C)C(=NCCC1CCc2ccccc21)N(C)C. The van der Waals surface area contributed by atoms with Crippen LogP contribution in [0.1, 0.15) is 29.9 Å². The van der Waals surface area contributed by atoms with Gasteiger partial charge in [0.15, 0.2) is 5.96 Å². The Labute approximate surface area is 116 Å². The molecule has 0 radical (unpaired) electrons. The minimum atomic E-state index is 0.700. The maximum atomic E-state index is 4.73. The van der Waals surface area contributed by atoms with Gasteiger partial charge in [0.2, 0.25) is 0 Å². The molecular weight excluding hydrogens is 234 g/mol. The summed E-state index contributed by atoms with van der Waals surface area (Å²) < 4.78 is 0. The van der Waals surface area contributed by atoms with Crippen LogP contribution in [0.5, 0.6) is 0 Å². The molecule has 0 aromatic heterocycles. The van der Waals surface area contributed by atoms with Crippen LogP contribution < -0.4 is 0 Å². The normalized spacial score (nSPS) is 16.9. The number of nitrogens with zero attached hydrogens (tertiary/aromatic N) is 3. The van der Waals surface area contributed by atoms with Gasteiger partial charge in [-0.1, -0.05) is 24.3 Å². The average molecular weight is 259 g/mol. The molecule has 0 amide bonds. The van der Waals surface area contributed by atoms with Crippen molar-refractivity contribution in [3.05, 3.63) is 35.4 Å². The molecule has 0 bridgehead atoms. The minimum Gasteiger partial charge on any atom is -0.349 e. The van der Waals surface area contributed by atoms with Gasteiger partial charge in [-0.05, 0) is 36.3 Å². The number of guanidine groups is 1. The molecule has 2 rings (SSSR count). The van der Waals surface area contributed by atoms with Crippen molar-refractivity contribution < 1.29 is 0 Å². The number of aryl methyl sites for hydroxylation is 1. The molecule has 1 aliphatic rings. The molecule has 0 spiro atoms. The quantitative estimate of drug-likeness (QED) is 0.614. The highest BCUT2D eigenvalue weighted by molar-refractivity contribution is 5.79. The van der Waals surface area contributed by atoms with Crippen molar-refractivity contribution in [2.45, 2.75) is 25.2 Å². The van der Waals surface area contributed by atoms with E-state index in [9.17, 15) is 0 Å². The van der Waals surface area contributed by atoms with Crippen LogP contribution >= 0.6 is 0 Å². The van der Waals surface area contributed by atoms with Gasteiger partial charge in [0.1, 0.15) is 0 Å². The third-order valence-electron chi connectivity index (χ3n) is 3.79. The van der Waals surface area contributed by atoms with E-state index in [1.807, 2.05) is 28.2 Å². The molecule has 1 aromatic rings. The third-order valence-corrected chi connectivity index (χ3v) is 3.79. The van der Waals surface area contributed by atoms with Crippen molar-refractivity contribution in [3.8, 4) is 0 Å². The van der Waals surface area contributed by atoms with Gasteiger partial charge in [0, 0.05) is 34.7 Å². The number of hydrogen-bond acceptors (Lipinski definition) is 1. The Kier molecular flexibility index (Phi) is 4.46. The second kappa shape index (κ2) is 6.09. The minimum absolute atomic E-state index is 0.700. The Bertz CT molecular complexity index is 439. The molecule has 0 N–H and O–H groups in total. The Morgan fingerprint density at radius 1 is 1.16 bits per heavy atom. The lowest BCUT2D eigenvalue weighted by Gasteiger charge is -2.23. The van der Waals surface area contributed by atoms with Crippen molar-refractivity contribution >= 4 is 5.96 Å². The fourth-order valence-electron chi connectivity index (χ4n) is 2.95. The monoisotopic (exact) mass is 259 g/mol. The second-order valence-corrected chi connectivity index (χ2v) is 5.69. The molecule has 0 aliphatic heterocycles. The molecule has 1 aromatic carbocycles. The molecule has 3 nitrogen and oxygen atoms in total. The predicted molar refractivity (Wildman–Crippen MR) is 81.8 cm³/mol. The fourth-order valence-corrected chi connectivity index (χ4v) is 2.95. The van der Waals surface area contributed by atoms with Crippen molar-refractivity contribution in [2.24, 2.45) is 4.99 Å². The van der Waals surface area contributed by atoms with E-state index in [1.54, 1.807) is 5.56 Å². The third kappa shape index (κ3) is 3.28. The first-order valence-electron chi connectivity index (χ1n) is 7.06. The van der Waals surface area contributed by atoms with Crippen molar-refractivity contribution in [1.82, 2.24) is 9.80 Å². The van der Waals surface area contributed by atoms with Crippen LogP contribution in [-0.4, -0.2) is 50.5 Å². The smallest absolute Gasteiger partial charge is 0.195 e. The Balaban J connectivity index is 1.96. The van der Waals surface area contributed by atoms with Gasteiger partial charge in [-0.25, -0.2) is 0 Å². The number of rotatable bonds is 3. The summed E-state index contributed by atoms with van der Waals surface area (Å²) in [6.45, 7) is 0.907. The van der Waals surface area contributed by atoms with E-state index < -0.39 is 0 Å². The number of benzene rings is 1. The van der Waals surface area contributed by atoms with Crippen molar-refractivity contribution in [3.63, 3.8) is 0 Å². The van der Waals surface area contributed by atoms with Crippen LogP contribution in [0.4, 0.5) is 0 Å². The molecule has 0 saturated heterocycles. The zero-order valence-corrected chi connectivity index (χ0v) is 12.6. The summed E-state index contributed by atoms with van der Waals surface area (Å²) in [7, 11) is 8.18. The highest BCUT2D eigenvalue weighted by Crippen LogP contribution is 2.35. The van der Waals surface area contributed by atoms with Crippen molar-refractivity contribution in [2.75, 3.05) is 34.7 Å². The molecule has 0 saturated carbocycles. The van der Waals surface area contributed by atoms with Gasteiger partial charge in [-0.3, -0.25) is 4.99 Å². The molecular formula is C16H25N3. The first-order chi connectivity index (χ1) is 9.09. The van der Waals surface area contributed by atoms with Crippen LogP contribution in [0.15, 0.2) is 29.3 Å². The largest absolute Gasteiger partial charge is 0.349 e. The Morgan fingerprint density at radius 3 is 2.53 bits per heavy atom. The van der Waals surface area contributed by atoms with Gasteiger partial charge < -0.3 is 9.80 Å². The van der Waals surface area contributed by atoms with E-state index in [2.05, 4.69) is 34.1 Å². The van der Waals surface area contributed by atoms with E-state index in [-0.39, 0.29) is 0 Å². The number of hydrogen-bond donors (Lipinski definition) is 0. The van der Waals surface area contributed by atoms with E-state index in [0.717, 1.165) is 18.9 Å². The fraction of sp³-hybridized carbons (Fsp3) is 0.562. The van der Waals surface area contributed by atoms with Gasteiger partial charge in [0.05, 0.1) is 0 Å². The van der Waals surface area contributed by atoms with Crippen molar-refractivity contribution in [1.29, 1.82) is 0 Å². The summed E-state index contributed by atoms with van der Waals surface area (Å²) in [6, 6.07) is 8.86.